The summed E-state index contributed by atoms with van der Waals surface area (Å²) >= 11 is 0. The number of hydrogen-bond donors (Lipinski definition) is 2. The lowest BCUT2D eigenvalue weighted by Gasteiger charge is -2.11. The third-order valence-corrected chi connectivity index (χ3v) is 4.91. The Morgan fingerprint density at radius 1 is 1.04 bits per heavy atom. The number of nitrogen functional groups attached to an aromatic ring is 1. The van der Waals surface area contributed by atoms with Crippen LogP contribution in [0.2, 0.25) is 0 Å². The molecule has 0 amide bonds. The van der Waals surface area contributed by atoms with Crippen molar-refractivity contribution in [3.8, 4) is 28.2 Å². The fourth-order valence-electron chi connectivity index (χ4n) is 3.53. The van der Waals surface area contributed by atoms with Crippen LogP contribution in [0.1, 0.15) is 36.0 Å². The summed E-state index contributed by atoms with van der Waals surface area (Å²) in [7, 11) is 0. The van der Waals surface area contributed by atoms with E-state index in [9.17, 15) is 9.90 Å². The van der Waals surface area contributed by atoms with Gasteiger partial charge < -0.3 is 20.0 Å². The second-order valence-electron chi connectivity index (χ2n) is 6.78. The average molecular weight is 363 g/mol. The van der Waals surface area contributed by atoms with Gasteiger partial charge in [0.25, 0.3) is 0 Å². The molecule has 2 aromatic carbocycles. The number of aromatic hydroxyl groups is 1. The number of hydrogen-bond acceptors (Lipinski definition) is 5. The van der Waals surface area contributed by atoms with Crippen LogP contribution in [-0.4, -0.2) is 17.2 Å². The van der Waals surface area contributed by atoms with E-state index < -0.39 is 0 Å². The minimum absolute atomic E-state index is 0.00163. The van der Waals surface area contributed by atoms with E-state index in [2.05, 4.69) is 0 Å². The second kappa shape index (κ2) is 7.19. The lowest BCUT2D eigenvalue weighted by atomic mass is 10.0. The predicted molar refractivity (Wildman–Crippen MR) is 103 cm³/mol. The van der Waals surface area contributed by atoms with Crippen LogP contribution in [0.4, 0.5) is 5.88 Å². The SMILES string of the molecule is Nc1oc(-c2ccccc2)c(O)c1-c1cccc(C(=O)OC2CCCC2)c1. The number of rotatable bonds is 4. The normalized spacial score (nSPS) is 14.4. The summed E-state index contributed by atoms with van der Waals surface area (Å²) in [6.45, 7) is 0. The molecule has 1 aliphatic carbocycles. The molecule has 5 nitrogen and oxygen atoms in total. The van der Waals surface area contributed by atoms with Crippen LogP contribution in [0.15, 0.2) is 59.0 Å². The van der Waals surface area contributed by atoms with Gasteiger partial charge in [0.1, 0.15) is 6.10 Å². The molecule has 3 aromatic rings. The minimum atomic E-state index is -0.353. The quantitative estimate of drug-likeness (QED) is 0.637. The van der Waals surface area contributed by atoms with Gasteiger partial charge in [-0.3, -0.25) is 0 Å². The van der Waals surface area contributed by atoms with Crippen LogP contribution < -0.4 is 5.73 Å². The first-order valence-electron chi connectivity index (χ1n) is 9.11. The topological polar surface area (TPSA) is 85.7 Å². The van der Waals surface area contributed by atoms with Crippen molar-refractivity contribution in [2.75, 3.05) is 5.73 Å². The van der Waals surface area contributed by atoms with Crippen LogP contribution in [0, 0.1) is 0 Å². The summed E-state index contributed by atoms with van der Waals surface area (Å²) in [5.74, 6) is 0.0169. The van der Waals surface area contributed by atoms with Crippen LogP contribution in [0.5, 0.6) is 5.75 Å². The molecular formula is C22H21NO4. The van der Waals surface area contributed by atoms with Crippen molar-refractivity contribution in [3.05, 3.63) is 60.2 Å². The summed E-state index contributed by atoms with van der Waals surface area (Å²) in [6.07, 6.45) is 4.03. The molecule has 5 heteroatoms. The molecule has 1 saturated carbocycles. The van der Waals surface area contributed by atoms with Gasteiger partial charge >= 0.3 is 5.97 Å². The number of esters is 1. The van der Waals surface area contributed by atoms with Crippen molar-refractivity contribution >= 4 is 11.9 Å². The summed E-state index contributed by atoms with van der Waals surface area (Å²) < 4.78 is 11.2. The zero-order valence-electron chi connectivity index (χ0n) is 14.9. The number of nitrogens with two attached hydrogens (primary N) is 1. The molecule has 0 atom stereocenters. The summed E-state index contributed by atoms with van der Waals surface area (Å²) in [5, 5.41) is 10.7. The van der Waals surface area contributed by atoms with E-state index in [1.807, 2.05) is 30.3 Å². The van der Waals surface area contributed by atoms with E-state index in [0.717, 1.165) is 31.2 Å². The van der Waals surface area contributed by atoms with Gasteiger partial charge in [-0.2, -0.15) is 0 Å². The van der Waals surface area contributed by atoms with Crippen LogP contribution in [0.3, 0.4) is 0 Å². The van der Waals surface area contributed by atoms with Crippen molar-refractivity contribution in [3.63, 3.8) is 0 Å². The Morgan fingerprint density at radius 3 is 2.48 bits per heavy atom. The van der Waals surface area contributed by atoms with E-state index in [1.54, 1.807) is 24.3 Å². The zero-order valence-corrected chi connectivity index (χ0v) is 14.9. The molecule has 1 aliphatic rings. The number of ether oxygens (including phenoxy) is 1. The van der Waals surface area contributed by atoms with Gasteiger partial charge in [-0.15, -0.1) is 0 Å². The highest BCUT2D eigenvalue weighted by Gasteiger charge is 2.23. The first-order chi connectivity index (χ1) is 13.1. The lowest BCUT2D eigenvalue weighted by Crippen LogP contribution is -2.14. The Morgan fingerprint density at radius 2 is 1.74 bits per heavy atom. The third-order valence-electron chi connectivity index (χ3n) is 4.91. The molecule has 0 bridgehead atoms. The molecule has 1 aromatic heterocycles. The maximum atomic E-state index is 12.4. The molecule has 3 N–H and O–H groups in total. The highest BCUT2D eigenvalue weighted by Crippen LogP contribution is 2.45. The molecule has 1 heterocycles. The standard InChI is InChI=1S/C22H21NO4/c23-21-18(19(24)20(27-21)14-7-2-1-3-8-14)15-9-6-10-16(13-15)22(25)26-17-11-4-5-12-17/h1-3,6-10,13,17,24H,4-5,11-12,23H2. The van der Waals surface area contributed by atoms with Gasteiger partial charge in [-0.05, 0) is 43.4 Å². The van der Waals surface area contributed by atoms with E-state index in [4.69, 9.17) is 14.9 Å². The Labute approximate surface area is 157 Å². The van der Waals surface area contributed by atoms with Gasteiger partial charge in [0, 0.05) is 5.56 Å². The summed E-state index contributed by atoms with van der Waals surface area (Å²) in [4.78, 5) is 12.4. The second-order valence-corrected chi connectivity index (χ2v) is 6.78. The Balaban J connectivity index is 1.66. The Bertz CT molecular complexity index is 956. The number of carbonyl (C=O) groups excluding carboxylic acids is 1. The summed E-state index contributed by atoms with van der Waals surface area (Å²) in [6, 6.07) is 16.1. The van der Waals surface area contributed by atoms with E-state index in [1.165, 1.54) is 0 Å². The molecule has 0 spiro atoms. The third kappa shape index (κ3) is 3.40. The number of furan rings is 1. The van der Waals surface area contributed by atoms with Crippen LogP contribution in [-0.2, 0) is 4.74 Å². The number of anilines is 1. The Hall–Kier alpha value is -3.21. The molecule has 0 radical (unpaired) electrons. The Kier molecular flexibility index (Phi) is 4.59. The van der Waals surface area contributed by atoms with Gasteiger partial charge in [0.05, 0.1) is 11.1 Å². The molecule has 0 aliphatic heterocycles. The summed E-state index contributed by atoms with van der Waals surface area (Å²) in [5.41, 5.74) is 8.17. The average Bonchev–Trinajstić information content (AvgIpc) is 3.30. The van der Waals surface area contributed by atoms with E-state index in [-0.39, 0.29) is 23.7 Å². The maximum Gasteiger partial charge on any atom is 0.338 e. The van der Waals surface area contributed by atoms with E-state index in [0.29, 0.717) is 22.5 Å². The fourth-order valence-corrected chi connectivity index (χ4v) is 3.53. The van der Waals surface area contributed by atoms with E-state index >= 15 is 0 Å². The first-order valence-corrected chi connectivity index (χ1v) is 9.11. The van der Waals surface area contributed by atoms with Gasteiger partial charge in [0.15, 0.2) is 11.5 Å². The minimum Gasteiger partial charge on any atom is -0.504 e. The maximum absolute atomic E-state index is 12.4. The largest absolute Gasteiger partial charge is 0.504 e. The number of carbonyl (C=O) groups is 1. The van der Waals surface area contributed by atoms with Crippen molar-refractivity contribution in [2.24, 2.45) is 0 Å². The molecule has 138 valence electrons. The smallest absolute Gasteiger partial charge is 0.338 e. The van der Waals surface area contributed by atoms with Gasteiger partial charge in [-0.1, -0.05) is 42.5 Å². The highest BCUT2D eigenvalue weighted by molar-refractivity contribution is 5.93. The monoisotopic (exact) mass is 363 g/mol. The van der Waals surface area contributed by atoms with Gasteiger partial charge in [0.2, 0.25) is 5.88 Å². The molecule has 27 heavy (non-hydrogen) atoms. The van der Waals surface area contributed by atoms with Crippen LogP contribution >= 0.6 is 0 Å². The molecular weight excluding hydrogens is 342 g/mol. The zero-order chi connectivity index (χ0) is 18.8. The first kappa shape index (κ1) is 17.2. The fraction of sp³-hybridized carbons (Fsp3) is 0.227. The van der Waals surface area contributed by atoms with Crippen molar-refractivity contribution in [1.29, 1.82) is 0 Å². The highest BCUT2D eigenvalue weighted by atomic mass is 16.5. The molecule has 0 saturated heterocycles. The molecule has 1 fully saturated rings. The van der Waals surface area contributed by atoms with Crippen molar-refractivity contribution in [2.45, 2.75) is 31.8 Å². The lowest BCUT2D eigenvalue weighted by molar-refractivity contribution is 0.0318. The van der Waals surface area contributed by atoms with Crippen LogP contribution in [0.25, 0.3) is 22.5 Å². The molecule has 0 unspecified atom stereocenters. The van der Waals surface area contributed by atoms with Crippen molar-refractivity contribution < 1.29 is 19.1 Å². The predicted octanol–water partition coefficient (Wildman–Crippen LogP) is 5.00. The van der Waals surface area contributed by atoms with Crippen molar-refractivity contribution in [1.82, 2.24) is 0 Å². The van der Waals surface area contributed by atoms with Gasteiger partial charge in [-0.25, -0.2) is 4.79 Å². The number of benzene rings is 2. The molecule has 4 rings (SSSR count).